The molecule has 0 saturated carbocycles. The zero-order valence-corrected chi connectivity index (χ0v) is 14.5. The maximum absolute atomic E-state index is 13.2. The highest BCUT2D eigenvalue weighted by Crippen LogP contribution is 2.27. The molecule has 6 heteroatoms. The van der Waals surface area contributed by atoms with Crippen LogP contribution in [0, 0.1) is 6.92 Å². The molecule has 4 aromatic rings. The van der Waals surface area contributed by atoms with Gasteiger partial charge in [0, 0.05) is 19.3 Å². The first-order valence-corrected chi connectivity index (χ1v) is 8.87. The van der Waals surface area contributed by atoms with Gasteiger partial charge < -0.3 is 9.47 Å². The lowest BCUT2D eigenvalue weighted by Gasteiger charge is -2.17. The number of imidazole rings is 2. The van der Waals surface area contributed by atoms with E-state index in [1.807, 2.05) is 65.1 Å². The van der Waals surface area contributed by atoms with Crippen molar-refractivity contribution < 1.29 is 4.79 Å². The Balaban J connectivity index is 1.45. The Bertz CT molecular complexity index is 1130. The van der Waals surface area contributed by atoms with Crippen LogP contribution in [0.25, 0.3) is 16.7 Å². The molecule has 26 heavy (non-hydrogen) atoms. The Labute approximate surface area is 150 Å². The second-order valence-corrected chi connectivity index (χ2v) is 6.81. The minimum atomic E-state index is 0.0492. The molecule has 1 atom stereocenters. The number of nitrogens with zero attached hydrogens (tertiary/aromatic N) is 5. The predicted octanol–water partition coefficient (Wildman–Crippen LogP) is 3.08. The first kappa shape index (κ1) is 15.1. The second kappa shape index (κ2) is 5.69. The maximum Gasteiger partial charge on any atom is 0.272 e. The summed E-state index contributed by atoms with van der Waals surface area (Å²) >= 11 is 0. The molecule has 0 radical (unpaired) electrons. The molecule has 0 bridgehead atoms. The lowest BCUT2D eigenvalue weighted by atomic mass is 10.2. The van der Waals surface area contributed by atoms with Gasteiger partial charge in [-0.25, -0.2) is 9.97 Å². The molecule has 0 aliphatic carbocycles. The lowest BCUT2D eigenvalue weighted by molar-refractivity contribution is 0.0780. The number of carbonyl (C=O) groups is 1. The van der Waals surface area contributed by atoms with Crippen molar-refractivity contribution in [3.63, 3.8) is 0 Å². The Morgan fingerprint density at radius 3 is 2.92 bits per heavy atom. The number of aromatic nitrogens is 4. The Hall–Kier alpha value is -3.15. The number of carbonyl (C=O) groups excluding carboxylic acids is 1. The predicted molar refractivity (Wildman–Crippen MR) is 99.2 cm³/mol. The second-order valence-electron chi connectivity index (χ2n) is 6.81. The summed E-state index contributed by atoms with van der Waals surface area (Å²) in [6, 6.07) is 14.2. The third kappa shape index (κ3) is 2.22. The minimum Gasteiger partial charge on any atom is -0.335 e. The number of benzene rings is 1. The number of rotatable bonds is 2. The molecule has 1 unspecified atom stereocenters. The van der Waals surface area contributed by atoms with E-state index >= 15 is 0 Å². The van der Waals surface area contributed by atoms with E-state index in [4.69, 9.17) is 0 Å². The van der Waals surface area contributed by atoms with Gasteiger partial charge in [0.2, 0.25) is 0 Å². The molecule has 1 aromatic carbocycles. The molecule has 6 nitrogen and oxygen atoms in total. The van der Waals surface area contributed by atoms with Crippen molar-refractivity contribution in [3.05, 3.63) is 66.4 Å². The van der Waals surface area contributed by atoms with Crippen molar-refractivity contribution in [2.24, 2.45) is 0 Å². The molecule has 4 heterocycles. The summed E-state index contributed by atoms with van der Waals surface area (Å²) in [6.45, 7) is 3.34. The van der Waals surface area contributed by atoms with Crippen LogP contribution in [0.15, 0.2) is 55.0 Å². The summed E-state index contributed by atoms with van der Waals surface area (Å²) < 4.78 is 4.08. The molecule has 130 valence electrons. The van der Waals surface area contributed by atoms with Gasteiger partial charge >= 0.3 is 0 Å². The topological polar surface area (TPSA) is 55.4 Å². The van der Waals surface area contributed by atoms with Gasteiger partial charge in [-0.3, -0.25) is 9.20 Å². The van der Waals surface area contributed by atoms with Crippen LogP contribution in [0.1, 0.15) is 28.6 Å². The van der Waals surface area contributed by atoms with Crippen molar-refractivity contribution in [3.8, 4) is 0 Å². The van der Waals surface area contributed by atoms with Gasteiger partial charge in [-0.05, 0) is 37.6 Å². The number of hydrogen-bond donors (Lipinski definition) is 0. The fourth-order valence-electron chi connectivity index (χ4n) is 3.94. The smallest absolute Gasteiger partial charge is 0.272 e. The quantitative estimate of drug-likeness (QED) is 0.561. The maximum atomic E-state index is 13.2. The van der Waals surface area contributed by atoms with E-state index in [2.05, 4.69) is 20.6 Å². The van der Waals surface area contributed by atoms with E-state index in [0.717, 1.165) is 35.3 Å². The molecule has 0 N–H and O–H groups in total. The summed E-state index contributed by atoms with van der Waals surface area (Å²) in [5.74, 6) is 0.0492. The number of hydrogen-bond acceptors (Lipinski definition) is 3. The van der Waals surface area contributed by atoms with Crippen LogP contribution in [-0.4, -0.2) is 42.8 Å². The Morgan fingerprint density at radius 1 is 1.15 bits per heavy atom. The Kier molecular flexibility index (Phi) is 3.31. The van der Waals surface area contributed by atoms with Crippen LogP contribution < -0.4 is 0 Å². The highest BCUT2D eigenvalue weighted by molar-refractivity contribution is 5.95. The van der Waals surface area contributed by atoms with Crippen LogP contribution in [0.5, 0.6) is 0 Å². The van der Waals surface area contributed by atoms with Crippen molar-refractivity contribution in [1.82, 2.24) is 23.8 Å². The molecule has 1 aliphatic heterocycles. The van der Waals surface area contributed by atoms with Crippen molar-refractivity contribution in [2.75, 3.05) is 13.1 Å². The highest BCUT2D eigenvalue weighted by Gasteiger charge is 2.31. The summed E-state index contributed by atoms with van der Waals surface area (Å²) in [6.07, 6.45) is 4.73. The minimum absolute atomic E-state index is 0.0492. The first-order chi connectivity index (χ1) is 12.7. The standard InChI is InChI=1S/C20H19N5O/c1-14-19(24-10-5-4-8-18(24)22-14)20(26)23-11-9-15(12-23)25-13-21-16-6-2-3-7-17(16)25/h2-8,10,13,15H,9,11-12H2,1H3. The van der Waals surface area contributed by atoms with E-state index in [0.29, 0.717) is 12.2 Å². The van der Waals surface area contributed by atoms with Gasteiger partial charge in [0.1, 0.15) is 11.3 Å². The average Bonchev–Trinajstić information content (AvgIpc) is 3.36. The normalized spacial score (nSPS) is 17.4. The van der Waals surface area contributed by atoms with Crippen LogP contribution >= 0.6 is 0 Å². The molecule has 1 aliphatic rings. The van der Waals surface area contributed by atoms with Gasteiger partial charge in [-0.1, -0.05) is 18.2 Å². The molecule has 0 spiro atoms. The third-order valence-corrected chi connectivity index (χ3v) is 5.23. The molecular formula is C20H19N5O. The van der Waals surface area contributed by atoms with E-state index in [1.54, 1.807) is 0 Å². The summed E-state index contributed by atoms with van der Waals surface area (Å²) in [5, 5.41) is 0. The lowest BCUT2D eigenvalue weighted by Crippen LogP contribution is -2.30. The Morgan fingerprint density at radius 2 is 2.00 bits per heavy atom. The van der Waals surface area contributed by atoms with Gasteiger partial charge in [0.25, 0.3) is 5.91 Å². The fourth-order valence-corrected chi connectivity index (χ4v) is 3.94. The highest BCUT2D eigenvalue weighted by atomic mass is 16.2. The largest absolute Gasteiger partial charge is 0.335 e. The molecule has 1 amide bonds. The fraction of sp³-hybridized carbons (Fsp3) is 0.250. The van der Waals surface area contributed by atoms with Gasteiger partial charge in [0.15, 0.2) is 0 Å². The van der Waals surface area contributed by atoms with Crippen LogP contribution in [0.3, 0.4) is 0 Å². The van der Waals surface area contributed by atoms with E-state index in [9.17, 15) is 4.79 Å². The monoisotopic (exact) mass is 345 g/mol. The number of aryl methyl sites for hydroxylation is 1. The molecule has 1 saturated heterocycles. The van der Waals surface area contributed by atoms with Crippen molar-refractivity contribution >= 4 is 22.6 Å². The van der Waals surface area contributed by atoms with E-state index < -0.39 is 0 Å². The van der Waals surface area contributed by atoms with Gasteiger partial charge in [0.05, 0.1) is 29.1 Å². The summed E-state index contributed by atoms with van der Waals surface area (Å²) in [7, 11) is 0. The SMILES string of the molecule is Cc1nc2ccccn2c1C(=O)N1CCC(n2cnc3ccccc32)C1. The van der Waals surface area contributed by atoms with Gasteiger partial charge in [-0.2, -0.15) is 0 Å². The molecule has 5 rings (SSSR count). The average molecular weight is 345 g/mol. The summed E-state index contributed by atoms with van der Waals surface area (Å²) in [5.41, 5.74) is 4.37. The molecule has 3 aromatic heterocycles. The molecular weight excluding hydrogens is 326 g/mol. The zero-order valence-electron chi connectivity index (χ0n) is 14.5. The molecule has 1 fully saturated rings. The third-order valence-electron chi connectivity index (χ3n) is 5.23. The number of likely N-dealkylation sites (tertiary alicyclic amines) is 1. The summed E-state index contributed by atoms with van der Waals surface area (Å²) in [4.78, 5) is 24.1. The number of pyridine rings is 1. The van der Waals surface area contributed by atoms with Crippen LogP contribution in [0.4, 0.5) is 0 Å². The van der Waals surface area contributed by atoms with Gasteiger partial charge in [-0.15, -0.1) is 0 Å². The number of fused-ring (bicyclic) bond motifs is 2. The first-order valence-electron chi connectivity index (χ1n) is 8.87. The number of amides is 1. The zero-order chi connectivity index (χ0) is 17.7. The van der Waals surface area contributed by atoms with Crippen LogP contribution in [-0.2, 0) is 0 Å². The van der Waals surface area contributed by atoms with Crippen molar-refractivity contribution in [2.45, 2.75) is 19.4 Å². The van der Waals surface area contributed by atoms with Crippen LogP contribution in [0.2, 0.25) is 0 Å². The number of para-hydroxylation sites is 2. The van der Waals surface area contributed by atoms with E-state index in [-0.39, 0.29) is 11.9 Å². The van der Waals surface area contributed by atoms with Crippen molar-refractivity contribution in [1.29, 1.82) is 0 Å². The van der Waals surface area contributed by atoms with E-state index in [1.165, 1.54) is 0 Å².